The van der Waals surface area contributed by atoms with E-state index in [2.05, 4.69) is 4.98 Å². The van der Waals surface area contributed by atoms with Gasteiger partial charge in [-0.2, -0.15) is 13.2 Å². The molecule has 0 saturated carbocycles. The van der Waals surface area contributed by atoms with Crippen LogP contribution in [0, 0.1) is 5.92 Å². The number of aromatic nitrogens is 1. The third-order valence-corrected chi connectivity index (χ3v) is 6.99. The van der Waals surface area contributed by atoms with Gasteiger partial charge in [0.1, 0.15) is 22.4 Å². The van der Waals surface area contributed by atoms with E-state index in [1.807, 2.05) is 0 Å². The fourth-order valence-corrected chi connectivity index (χ4v) is 5.16. The topological polar surface area (TPSA) is 99.9 Å². The molecule has 5 rings (SSSR count). The second-order valence-corrected chi connectivity index (χ2v) is 8.90. The van der Waals surface area contributed by atoms with Crippen molar-refractivity contribution in [1.29, 1.82) is 0 Å². The molecule has 0 radical (unpaired) electrons. The Balaban J connectivity index is 1.88. The maximum Gasteiger partial charge on any atom is 0.416 e. The van der Waals surface area contributed by atoms with Crippen LogP contribution in [0.15, 0.2) is 66.4 Å². The summed E-state index contributed by atoms with van der Waals surface area (Å²) >= 11 is 12.2. The van der Waals surface area contributed by atoms with E-state index in [9.17, 15) is 33.3 Å². The number of halogens is 5. The lowest BCUT2D eigenvalue weighted by atomic mass is 9.69. The van der Waals surface area contributed by atoms with Crippen LogP contribution in [0.25, 0.3) is 5.57 Å². The van der Waals surface area contributed by atoms with Crippen LogP contribution in [-0.2, 0) is 22.2 Å². The summed E-state index contributed by atoms with van der Waals surface area (Å²) in [4.78, 5) is 16.5. The molecule has 0 saturated heterocycles. The first kappa shape index (κ1) is 23.5. The Morgan fingerprint density at radius 3 is 2.23 bits per heavy atom. The Morgan fingerprint density at radius 2 is 1.66 bits per heavy atom. The lowest BCUT2D eigenvalue weighted by Gasteiger charge is -2.43. The number of hydrogen-bond donors (Lipinski definition) is 3. The number of rotatable bonds is 3. The number of fused-ring (bicyclic) bond motifs is 3. The van der Waals surface area contributed by atoms with Gasteiger partial charge in [0.2, 0.25) is 0 Å². The first-order chi connectivity index (χ1) is 16.4. The Kier molecular flexibility index (Phi) is 5.11. The van der Waals surface area contributed by atoms with E-state index in [0.717, 1.165) is 24.3 Å². The number of aliphatic carboxylic acids is 1. The highest BCUT2D eigenvalue weighted by Gasteiger charge is 2.73. The molecule has 6 nitrogen and oxygen atoms in total. The Hall–Kier alpha value is -3.27. The quantitative estimate of drug-likeness (QED) is 0.388. The van der Waals surface area contributed by atoms with Gasteiger partial charge < -0.3 is 20.1 Å². The minimum Gasteiger partial charge on any atom is -0.511 e. The fraction of sp³-hybridized carbons (Fsp3) is 0.167. The third kappa shape index (κ3) is 3.08. The van der Waals surface area contributed by atoms with Gasteiger partial charge in [0, 0.05) is 11.6 Å². The van der Waals surface area contributed by atoms with Crippen molar-refractivity contribution in [3.8, 4) is 5.75 Å². The minimum atomic E-state index is -4.64. The van der Waals surface area contributed by atoms with Gasteiger partial charge in [-0.3, -0.25) is 4.79 Å². The Morgan fingerprint density at radius 1 is 1.03 bits per heavy atom. The SMILES string of the molecule is O=C(O)C1C(O)=C2c3nc(Cl)c(Cl)cc3OC2(c2ccc(C(F)(F)F)cc2)C1(O)c1ccccc1. The van der Waals surface area contributed by atoms with Crippen molar-refractivity contribution in [2.24, 2.45) is 5.92 Å². The molecule has 0 bridgehead atoms. The second-order valence-electron chi connectivity index (χ2n) is 8.13. The number of aliphatic hydroxyl groups is 2. The molecule has 0 spiro atoms. The van der Waals surface area contributed by atoms with Gasteiger partial charge in [-0.15, -0.1) is 0 Å². The average Bonchev–Trinajstić information content (AvgIpc) is 3.23. The highest BCUT2D eigenvalue weighted by Crippen LogP contribution is 2.67. The standard InChI is InChI=1S/C24H14Cl2F3NO5/c25-14-10-15-18(30-20(14)26)16-19(31)17(21(32)33)22(34,11-4-2-1-3-5-11)23(16,35-15)12-6-8-13(9-7-12)24(27,28)29/h1-10,17,31,34H,(H,32,33). The number of carboxylic acids is 1. The van der Waals surface area contributed by atoms with Crippen molar-refractivity contribution in [3.63, 3.8) is 0 Å². The molecule has 1 aromatic heterocycles. The molecule has 1 aliphatic heterocycles. The number of benzene rings is 2. The van der Waals surface area contributed by atoms with Crippen LogP contribution in [0.1, 0.15) is 22.4 Å². The molecule has 0 fully saturated rings. The maximum absolute atomic E-state index is 13.3. The summed E-state index contributed by atoms with van der Waals surface area (Å²) in [6.07, 6.45) is -4.64. The van der Waals surface area contributed by atoms with Gasteiger partial charge in [0.05, 0.1) is 16.2 Å². The van der Waals surface area contributed by atoms with Crippen LogP contribution in [0.5, 0.6) is 5.75 Å². The minimum absolute atomic E-state index is 0.0221. The molecule has 1 aliphatic carbocycles. The van der Waals surface area contributed by atoms with E-state index >= 15 is 0 Å². The van der Waals surface area contributed by atoms with Gasteiger partial charge in [-0.1, -0.05) is 65.7 Å². The molecule has 3 N–H and O–H groups in total. The number of alkyl halides is 3. The van der Waals surface area contributed by atoms with E-state index in [0.29, 0.717) is 0 Å². The zero-order valence-corrected chi connectivity index (χ0v) is 18.9. The normalized spacial score (nSPS) is 25.3. The van der Waals surface area contributed by atoms with Crippen LogP contribution >= 0.6 is 23.2 Å². The van der Waals surface area contributed by atoms with Gasteiger partial charge >= 0.3 is 12.1 Å². The molecule has 0 amide bonds. The van der Waals surface area contributed by atoms with Crippen LogP contribution in [-0.4, -0.2) is 26.3 Å². The Bertz CT molecular complexity index is 1390. The van der Waals surface area contributed by atoms with E-state index in [4.69, 9.17) is 27.9 Å². The van der Waals surface area contributed by atoms with E-state index in [-0.39, 0.29) is 38.3 Å². The van der Waals surface area contributed by atoms with Crippen LogP contribution in [0.4, 0.5) is 13.2 Å². The molecule has 35 heavy (non-hydrogen) atoms. The maximum atomic E-state index is 13.3. The van der Waals surface area contributed by atoms with Gasteiger partial charge in [-0.25, -0.2) is 4.98 Å². The predicted octanol–water partition coefficient (Wildman–Crippen LogP) is 5.57. The summed E-state index contributed by atoms with van der Waals surface area (Å²) < 4.78 is 46.0. The molecule has 2 aliphatic rings. The van der Waals surface area contributed by atoms with Crippen molar-refractivity contribution in [2.75, 3.05) is 0 Å². The molecule has 3 unspecified atom stereocenters. The zero-order valence-electron chi connectivity index (χ0n) is 17.3. The number of hydrogen-bond acceptors (Lipinski definition) is 5. The summed E-state index contributed by atoms with van der Waals surface area (Å²) in [5.41, 5.74) is -6.01. The zero-order chi connectivity index (χ0) is 25.3. The lowest BCUT2D eigenvalue weighted by Crippen LogP contribution is -2.54. The third-order valence-electron chi connectivity index (χ3n) is 6.31. The highest BCUT2D eigenvalue weighted by atomic mass is 35.5. The molecule has 2 aromatic carbocycles. The van der Waals surface area contributed by atoms with Crippen LogP contribution in [0.3, 0.4) is 0 Å². The number of pyridine rings is 1. The first-order valence-electron chi connectivity index (χ1n) is 10.1. The smallest absolute Gasteiger partial charge is 0.416 e. The van der Waals surface area contributed by atoms with Crippen molar-refractivity contribution < 1.29 is 38.0 Å². The number of carbonyl (C=O) groups is 1. The highest BCUT2D eigenvalue weighted by molar-refractivity contribution is 6.41. The monoisotopic (exact) mass is 523 g/mol. The van der Waals surface area contributed by atoms with Crippen molar-refractivity contribution in [1.82, 2.24) is 4.98 Å². The van der Waals surface area contributed by atoms with E-state index in [1.165, 1.54) is 30.3 Å². The molecule has 3 atom stereocenters. The van der Waals surface area contributed by atoms with E-state index in [1.54, 1.807) is 6.07 Å². The summed E-state index contributed by atoms with van der Waals surface area (Å²) in [6.45, 7) is 0. The van der Waals surface area contributed by atoms with Gasteiger partial charge in [0.15, 0.2) is 17.1 Å². The van der Waals surface area contributed by atoms with Gasteiger partial charge in [0.25, 0.3) is 0 Å². The Labute approximate surface area is 205 Å². The number of aliphatic hydroxyl groups excluding tert-OH is 1. The summed E-state index contributed by atoms with van der Waals surface area (Å²) in [7, 11) is 0. The molecule has 3 aromatic rings. The van der Waals surface area contributed by atoms with E-state index < -0.39 is 40.6 Å². The average molecular weight is 524 g/mol. The lowest BCUT2D eigenvalue weighted by molar-refractivity contribution is -0.168. The van der Waals surface area contributed by atoms with Crippen LogP contribution < -0.4 is 4.74 Å². The van der Waals surface area contributed by atoms with Crippen molar-refractivity contribution >= 4 is 34.7 Å². The van der Waals surface area contributed by atoms with Gasteiger partial charge in [-0.05, 0) is 17.7 Å². The predicted molar refractivity (Wildman–Crippen MR) is 119 cm³/mol. The van der Waals surface area contributed by atoms with Crippen molar-refractivity contribution in [3.05, 3.63) is 99.0 Å². The molecular weight excluding hydrogens is 510 g/mol. The molecular formula is C24H14Cl2F3NO5. The molecule has 11 heteroatoms. The van der Waals surface area contributed by atoms with Crippen molar-refractivity contribution in [2.45, 2.75) is 17.4 Å². The number of ether oxygens (including phenoxy) is 1. The van der Waals surface area contributed by atoms with Crippen LogP contribution in [0.2, 0.25) is 10.2 Å². The second kappa shape index (κ2) is 7.61. The number of carboxylic acid groups (broad SMARTS) is 1. The largest absolute Gasteiger partial charge is 0.511 e. The number of nitrogens with zero attached hydrogens (tertiary/aromatic N) is 1. The molecule has 180 valence electrons. The first-order valence-corrected chi connectivity index (χ1v) is 10.9. The molecule has 2 heterocycles. The summed E-state index contributed by atoms with van der Waals surface area (Å²) in [5, 5.41) is 33.3. The summed E-state index contributed by atoms with van der Waals surface area (Å²) in [6, 6.07) is 12.5. The fourth-order valence-electron chi connectivity index (χ4n) is 4.88. The summed E-state index contributed by atoms with van der Waals surface area (Å²) in [5.74, 6) is -4.36.